The van der Waals surface area contributed by atoms with E-state index in [1.807, 2.05) is 19.1 Å². The van der Waals surface area contributed by atoms with Crippen LogP contribution in [0.15, 0.2) is 22.7 Å². The Morgan fingerprint density at radius 1 is 1.53 bits per heavy atom. The van der Waals surface area contributed by atoms with Gasteiger partial charge in [-0.05, 0) is 47.5 Å². The number of thiocarbonyl (C=S) groups is 1. The van der Waals surface area contributed by atoms with Crippen molar-refractivity contribution in [2.45, 2.75) is 19.1 Å². The molecule has 0 amide bonds. The van der Waals surface area contributed by atoms with Gasteiger partial charge >= 0.3 is 0 Å². The molecule has 0 radical (unpaired) electrons. The van der Waals surface area contributed by atoms with E-state index in [1.165, 1.54) is 6.92 Å². The Morgan fingerprint density at radius 3 is 2.59 bits per heavy atom. The highest BCUT2D eigenvalue weighted by Crippen LogP contribution is 2.25. The highest BCUT2D eigenvalue weighted by atomic mass is 79.9. The number of rotatable bonds is 4. The van der Waals surface area contributed by atoms with Gasteiger partial charge in [0.05, 0.1) is 10.7 Å². The van der Waals surface area contributed by atoms with Crippen LogP contribution in [0.4, 0.5) is 5.69 Å². The quantitative estimate of drug-likeness (QED) is 0.826. The van der Waals surface area contributed by atoms with Crippen molar-refractivity contribution in [3.05, 3.63) is 28.2 Å². The van der Waals surface area contributed by atoms with Gasteiger partial charge in [0.2, 0.25) is 10.0 Å². The number of benzene rings is 1. The number of nitrogens with two attached hydrogens (primary N) is 1. The Kier molecular flexibility index (Phi) is 4.51. The Bertz CT molecular complexity index is 543. The maximum absolute atomic E-state index is 11.9. The molecule has 0 aliphatic rings. The van der Waals surface area contributed by atoms with Crippen LogP contribution in [0, 0.1) is 6.92 Å². The van der Waals surface area contributed by atoms with E-state index in [1.54, 1.807) is 6.07 Å². The highest BCUT2D eigenvalue weighted by Gasteiger charge is 2.23. The summed E-state index contributed by atoms with van der Waals surface area (Å²) in [5.74, 6) is 0. The van der Waals surface area contributed by atoms with Crippen LogP contribution in [0.2, 0.25) is 0 Å². The van der Waals surface area contributed by atoms with E-state index in [2.05, 4.69) is 32.9 Å². The van der Waals surface area contributed by atoms with E-state index in [0.717, 1.165) is 5.56 Å². The maximum Gasteiger partial charge on any atom is 0.241 e. The fourth-order valence-corrected chi connectivity index (χ4v) is 3.17. The lowest BCUT2D eigenvalue weighted by molar-refractivity contribution is 0.598. The van der Waals surface area contributed by atoms with Crippen LogP contribution in [-0.2, 0) is 10.0 Å². The van der Waals surface area contributed by atoms with E-state index in [0.29, 0.717) is 10.2 Å². The molecule has 94 valence electrons. The summed E-state index contributed by atoms with van der Waals surface area (Å²) < 4.78 is 26.9. The van der Waals surface area contributed by atoms with Crippen molar-refractivity contribution in [1.82, 2.24) is 0 Å². The first kappa shape index (κ1) is 14.4. The van der Waals surface area contributed by atoms with Crippen molar-refractivity contribution in [2.75, 3.05) is 4.72 Å². The second-order valence-corrected chi connectivity index (χ2v) is 7.00. The van der Waals surface area contributed by atoms with E-state index in [9.17, 15) is 8.42 Å². The molecule has 0 aliphatic heterocycles. The molecule has 0 aromatic heterocycles. The second kappa shape index (κ2) is 5.32. The fraction of sp³-hybridized carbons (Fsp3) is 0.300. The van der Waals surface area contributed by atoms with Crippen molar-refractivity contribution in [3.8, 4) is 0 Å². The van der Waals surface area contributed by atoms with Gasteiger partial charge in [-0.3, -0.25) is 4.72 Å². The van der Waals surface area contributed by atoms with Crippen molar-refractivity contribution < 1.29 is 8.42 Å². The zero-order chi connectivity index (χ0) is 13.2. The highest BCUT2D eigenvalue weighted by molar-refractivity contribution is 9.10. The lowest BCUT2D eigenvalue weighted by Gasteiger charge is -2.14. The summed E-state index contributed by atoms with van der Waals surface area (Å²) in [6.45, 7) is 3.37. The summed E-state index contributed by atoms with van der Waals surface area (Å²) in [5.41, 5.74) is 6.84. The van der Waals surface area contributed by atoms with Crippen molar-refractivity contribution in [3.63, 3.8) is 0 Å². The molecule has 1 rings (SSSR count). The summed E-state index contributed by atoms with van der Waals surface area (Å²) in [6.07, 6.45) is 0. The molecular formula is C10H13BrN2O2S2. The molecule has 1 atom stereocenters. The topological polar surface area (TPSA) is 72.2 Å². The second-order valence-electron chi connectivity index (χ2n) is 3.67. The average Bonchev–Trinajstić information content (AvgIpc) is 2.21. The first-order valence-electron chi connectivity index (χ1n) is 4.81. The summed E-state index contributed by atoms with van der Waals surface area (Å²) in [7, 11) is -3.59. The summed E-state index contributed by atoms with van der Waals surface area (Å²) in [4.78, 5) is -0.0549. The predicted molar refractivity (Wildman–Crippen MR) is 77.7 cm³/mol. The Morgan fingerprint density at radius 2 is 2.12 bits per heavy atom. The van der Waals surface area contributed by atoms with E-state index in [-0.39, 0.29) is 4.99 Å². The van der Waals surface area contributed by atoms with E-state index < -0.39 is 15.3 Å². The predicted octanol–water partition coefficient (Wildman–Crippen LogP) is 2.17. The minimum absolute atomic E-state index is 0.0549. The van der Waals surface area contributed by atoms with Crippen molar-refractivity contribution >= 4 is 48.8 Å². The number of hydrogen-bond donors (Lipinski definition) is 2. The van der Waals surface area contributed by atoms with Gasteiger partial charge in [0, 0.05) is 4.47 Å². The zero-order valence-corrected chi connectivity index (χ0v) is 12.6. The first-order chi connectivity index (χ1) is 7.74. The molecule has 0 bridgehead atoms. The van der Waals surface area contributed by atoms with Crippen LogP contribution in [0.1, 0.15) is 12.5 Å². The Labute approximate surface area is 115 Å². The molecular weight excluding hydrogens is 324 g/mol. The van der Waals surface area contributed by atoms with Crippen LogP contribution in [0.5, 0.6) is 0 Å². The van der Waals surface area contributed by atoms with E-state index >= 15 is 0 Å². The van der Waals surface area contributed by atoms with Gasteiger partial charge in [-0.25, -0.2) is 8.42 Å². The molecule has 17 heavy (non-hydrogen) atoms. The van der Waals surface area contributed by atoms with Gasteiger partial charge in [-0.1, -0.05) is 18.3 Å². The number of halogens is 1. The molecule has 0 saturated heterocycles. The number of aryl methyl sites for hydroxylation is 1. The van der Waals surface area contributed by atoms with Crippen molar-refractivity contribution in [1.29, 1.82) is 0 Å². The molecule has 0 heterocycles. The van der Waals surface area contributed by atoms with Crippen LogP contribution < -0.4 is 10.5 Å². The molecule has 3 N–H and O–H groups in total. The Balaban J connectivity index is 3.02. The minimum Gasteiger partial charge on any atom is -0.392 e. The van der Waals surface area contributed by atoms with Gasteiger partial charge in [0.15, 0.2) is 0 Å². The maximum atomic E-state index is 11.9. The fourth-order valence-electron chi connectivity index (χ4n) is 1.10. The minimum atomic E-state index is -3.59. The van der Waals surface area contributed by atoms with Crippen molar-refractivity contribution in [2.24, 2.45) is 5.73 Å². The zero-order valence-electron chi connectivity index (χ0n) is 9.40. The van der Waals surface area contributed by atoms with Gasteiger partial charge in [-0.2, -0.15) is 0 Å². The molecule has 1 aromatic carbocycles. The molecule has 4 nitrogen and oxygen atoms in total. The van der Waals surface area contributed by atoms with Gasteiger partial charge < -0.3 is 5.73 Å². The number of sulfonamides is 1. The van der Waals surface area contributed by atoms with Crippen LogP contribution in [-0.4, -0.2) is 18.7 Å². The van der Waals surface area contributed by atoms with Gasteiger partial charge in [-0.15, -0.1) is 0 Å². The number of hydrogen-bond acceptors (Lipinski definition) is 3. The molecule has 1 aromatic rings. The third-order valence-corrected chi connectivity index (χ3v) is 5.09. The average molecular weight is 337 g/mol. The largest absolute Gasteiger partial charge is 0.392 e. The SMILES string of the molecule is Cc1ccc(NS(=O)(=O)C(C)C(N)=S)c(Br)c1. The first-order valence-corrected chi connectivity index (χ1v) is 7.56. The van der Waals surface area contributed by atoms with Crippen LogP contribution in [0.25, 0.3) is 0 Å². The standard InChI is InChI=1S/C10H13BrN2O2S2/c1-6-3-4-9(8(11)5-6)13-17(14,15)7(2)10(12)16/h3-5,7,13H,1-2H3,(H2,12,16). The number of nitrogens with one attached hydrogen (secondary N) is 1. The molecule has 7 heteroatoms. The normalized spacial score (nSPS) is 13.1. The molecule has 0 aliphatic carbocycles. The van der Waals surface area contributed by atoms with Gasteiger partial charge in [0.1, 0.15) is 5.25 Å². The number of anilines is 1. The summed E-state index contributed by atoms with van der Waals surface area (Å²) >= 11 is 7.98. The molecule has 0 saturated carbocycles. The summed E-state index contributed by atoms with van der Waals surface area (Å²) in [5, 5.41) is -0.911. The van der Waals surface area contributed by atoms with Crippen LogP contribution in [0.3, 0.4) is 0 Å². The smallest absolute Gasteiger partial charge is 0.241 e. The monoisotopic (exact) mass is 336 g/mol. The van der Waals surface area contributed by atoms with E-state index in [4.69, 9.17) is 5.73 Å². The molecule has 0 spiro atoms. The lowest BCUT2D eigenvalue weighted by atomic mass is 10.2. The van der Waals surface area contributed by atoms with Crippen LogP contribution >= 0.6 is 28.1 Å². The third-order valence-electron chi connectivity index (χ3n) is 2.24. The Hall–Kier alpha value is -0.660. The third kappa shape index (κ3) is 3.65. The summed E-state index contributed by atoms with van der Waals surface area (Å²) in [6, 6.07) is 5.32. The molecule has 0 fully saturated rings. The lowest BCUT2D eigenvalue weighted by Crippen LogP contribution is -2.35. The molecule has 1 unspecified atom stereocenters. The van der Waals surface area contributed by atoms with Gasteiger partial charge in [0.25, 0.3) is 0 Å².